The van der Waals surface area contributed by atoms with Gasteiger partial charge in [-0.1, -0.05) is 100 Å². The maximum absolute atomic E-state index is 14.2. The number of alkyl halides is 3. The van der Waals surface area contributed by atoms with Crippen LogP contribution in [0.25, 0.3) is 16.7 Å². The lowest BCUT2D eigenvalue weighted by molar-refractivity contribution is -0.137. The number of ketones is 2. The predicted octanol–water partition coefficient (Wildman–Crippen LogP) is 10.9. The van der Waals surface area contributed by atoms with Crippen LogP contribution in [0.4, 0.5) is 13.2 Å². The van der Waals surface area contributed by atoms with E-state index in [9.17, 15) is 22.8 Å². The van der Waals surface area contributed by atoms with Crippen molar-refractivity contribution in [3.05, 3.63) is 112 Å². The zero-order valence-electron chi connectivity index (χ0n) is 27.6. The van der Waals surface area contributed by atoms with Crippen molar-refractivity contribution in [2.45, 2.75) is 97.1 Å². The Bertz CT molecular complexity index is 1750. The van der Waals surface area contributed by atoms with Gasteiger partial charge in [0, 0.05) is 37.2 Å². The number of benzene rings is 3. The van der Waals surface area contributed by atoms with Gasteiger partial charge in [0.2, 0.25) is 0 Å². The van der Waals surface area contributed by atoms with Crippen molar-refractivity contribution in [1.29, 1.82) is 0 Å². The lowest BCUT2D eigenvalue weighted by Gasteiger charge is -2.24. The molecule has 0 N–H and O–H groups in total. The fourth-order valence-corrected chi connectivity index (χ4v) is 6.62. The Labute approximate surface area is 277 Å². The normalized spacial score (nSPS) is 16.4. The molecule has 244 valence electrons. The van der Waals surface area contributed by atoms with Gasteiger partial charge in [-0.15, -0.1) is 0 Å². The van der Waals surface area contributed by atoms with E-state index in [2.05, 4.69) is 56.9 Å². The number of hydrogen-bond donors (Lipinski definition) is 0. The molecule has 0 amide bonds. The Balaban J connectivity index is 1.42. The van der Waals surface area contributed by atoms with E-state index in [1.54, 1.807) is 6.07 Å². The highest BCUT2D eigenvalue weighted by Gasteiger charge is 2.31. The molecule has 0 bridgehead atoms. The summed E-state index contributed by atoms with van der Waals surface area (Å²) in [6.07, 6.45) is 8.84. The minimum atomic E-state index is -4.43. The Kier molecular flexibility index (Phi) is 10.7. The smallest absolute Gasteiger partial charge is 0.300 e. The van der Waals surface area contributed by atoms with Gasteiger partial charge < -0.3 is 0 Å². The fraction of sp³-hybridized carbons (Fsp3) is 0.381. The second kappa shape index (κ2) is 14.7. The Morgan fingerprint density at radius 3 is 2.45 bits per heavy atom. The molecule has 3 aromatic rings. The highest BCUT2D eigenvalue weighted by Crippen LogP contribution is 2.37. The van der Waals surface area contributed by atoms with E-state index >= 15 is 0 Å². The SMILES string of the molecule is CC(C)(C)CC(=O)CCC#Cc1cc(CC(=O)C2CCCCCc3ccc(-c4cccc(C(F)(F)F)c4)cc32)cc(C2=CC=CC2)c1. The molecule has 2 nitrogen and oxygen atoms in total. The summed E-state index contributed by atoms with van der Waals surface area (Å²) in [5, 5.41) is 0. The van der Waals surface area contributed by atoms with E-state index in [4.69, 9.17) is 0 Å². The van der Waals surface area contributed by atoms with E-state index in [0.717, 1.165) is 66.0 Å². The van der Waals surface area contributed by atoms with Crippen LogP contribution in [0, 0.1) is 17.3 Å². The number of halogens is 3. The third kappa shape index (κ3) is 9.44. The molecule has 0 aliphatic heterocycles. The average molecular weight is 637 g/mol. The molecule has 3 aromatic carbocycles. The minimum absolute atomic E-state index is 0.0416. The van der Waals surface area contributed by atoms with Gasteiger partial charge in [-0.25, -0.2) is 0 Å². The number of hydrogen-bond acceptors (Lipinski definition) is 2. The van der Waals surface area contributed by atoms with Gasteiger partial charge >= 0.3 is 6.18 Å². The van der Waals surface area contributed by atoms with E-state index in [0.29, 0.717) is 36.8 Å². The number of carbonyl (C=O) groups is 2. The van der Waals surface area contributed by atoms with Crippen LogP contribution in [0.2, 0.25) is 0 Å². The summed E-state index contributed by atoms with van der Waals surface area (Å²) in [4.78, 5) is 26.5. The second-order valence-corrected chi connectivity index (χ2v) is 14.1. The maximum Gasteiger partial charge on any atom is 0.416 e. The van der Waals surface area contributed by atoms with Gasteiger partial charge in [0.15, 0.2) is 0 Å². The Hall–Kier alpha value is -4.17. The lowest BCUT2D eigenvalue weighted by atomic mass is 9.80. The molecule has 0 saturated heterocycles. The van der Waals surface area contributed by atoms with Crippen molar-refractivity contribution in [3.8, 4) is 23.0 Å². The number of allylic oxidation sites excluding steroid dienone is 4. The van der Waals surface area contributed by atoms with Crippen LogP contribution in [-0.4, -0.2) is 11.6 Å². The summed E-state index contributed by atoms with van der Waals surface area (Å²) >= 11 is 0. The summed E-state index contributed by atoms with van der Waals surface area (Å²) in [7, 11) is 0. The molecule has 0 aromatic heterocycles. The number of fused-ring (bicyclic) bond motifs is 1. The van der Waals surface area contributed by atoms with Crippen molar-refractivity contribution in [2.24, 2.45) is 5.41 Å². The highest BCUT2D eigenvalue weighted by molar-refractivity contribution is 5.89. The largest absolute Gasteiger partial charge is 0.416 e. The van der Waals surface area contributed by atoms with Crippen molar-refractivity contribution in [1.82, 2.24) is 0 Å². The molecule has 47 heavy (non-hydrogen) atoms. The van der Waals surface area contributed by atoms with Gasteiger partial charge in [0.05, 0.1) is 5.56 Å². The van der Waals surface area contributed by atoms with Crippen molar-refractivity contribution in [2.75, 3.05) is 0 Å². The molecular weight excluding hydrogens is 593 g/mol. The van der Waals surface area contributed by atoms with Gasteiger partial charge in [-0.3, -0.25) is 9.59 Å². The van der Waals surface area contributed by atoms with Crippen molar-refractivity contribution in [3.63, 3.8) is 0 Å². The van der Waals surface area contributed by atoms with E-state index in [-0.39, 0.29) is 29.3 Å². The molecule has 2 aliphatic rings. The topological polar surface area (TPSA) is 34.1 Å². The summed E-state index contributed by atoms with van der Waals surface area (Å²) in [6.45, 7) is 6.17. The summed E-state index contributed by atoms with van der Waals surface area (Å²) in [5.74, 6) is 6.42. The van der Waals surface area contributed by atoms with E-state index < -0.39 is 11.7 Å². The molecule has 0 radical (unpaired) electrons. The molecule has 0 heterocycles. The van der Waals surface area contributed by atoms with Crippen LogP contribution in [0.15, 0.2) is 78.9 Å². The second-order valence-electron chi connectivity index (χ2n) is 14.1. The summed E-state index contributed by atoms with van der Waals surface area (Å²) in [6, 6.07) is 17.3. The quantitative estimate of drug-likeness (QED) is 0.231. The van der Waals surface area contributed by atoms with Gasteiger partial charge in [-0.2, -0.15) is 13.2 Å². The first-order chi connectivity index (χ1) is 22.4. The summed E-state index contributed by atoms with van der Waals surface area (Å²) in [5.41, 5.74) is 6.42. The zero-order chi connectivity index (χ0) is 33.6. The number of Topliss-reactive ketones (excluding diaryl/α,β-unsaturated/α-hetero) is 2. The van der Waals surface area contributed by atoms with Crippen molar-refractivity contribution < 1.29 is 22.8 Å². The third-order valence-corrected chi connectivity index (χ3v) is 8.87. The minimum Gasteiger partial charge on any atom is -0.300 e. The van der Waals surface area contributed by atoms with Crippen LogP contribution < -0.4 is 0 Å². The third-order valence-electron chi connectivity index (χ3n) is 8.87. The van der Waals surface area contributed by atoms with Crippen LogP contribution >= 0.6 is 0 Å². The van der Waals surface area contributed by atoms with Gasteiger partial charge in [-0.05, 0) is 94.3 Å². The molecule has 5 heteroatoms. The standard InChI is InChI=1S/C42H43F3O2/c1-41(2,3)28-37(46)18-10-7-12-29-22-30(24-35(23-29)31-13-8-9-14-31)25-40(47)38-19-6-4-5-15-32-20-21-34(27-39(32)38)33-16-11-17-36(26-33)42(43,44)45/h8-9,11,13,16-17,20-24,26-27,38H,4-6,10,14-15,18-19,25,28H2,1-3H3. The number of rotatable bonds is 8. The molecular formula is C42H43F3O2. The van der Waals surface area contributed by atoms with Crippen LogP contribution in [0.1, 0.15) is 111 Å². The molecule has 5 rings (SSSR count). The van der Waals surface area contributed by atoms with E-state index in [1.807, 2.05) is 30.3 Å². The highest BCUT2D eigenvalue weighted by atomic mass is 19.4. The molecule has 1 unspecified atom stereocenters. The zero-order valence-corrected chi connectivity index (χ0v) is 27.6. The van der Waals surface area contributed by atoms with Crippen LogP contribution in [0.3, 0.4) is 0 Å². The van der Waals surface area contributed by atoms with Gasteiger partial charge in [0.25, 0.3) is 0 Å². The maximum atomic E-state index is 14.2. The van der Waals surface area contributed by atoms with E-state index in [1.165, 1.54) is 17.7 Å². The Morgan fingerprint density at radius 1 is 0.894 bits per heavy atom. The molecule has 2 aliphatic carbocycles. The first kappa shape index (κ1) is 34.2. The van der Waals surface area contributed by atoms with Gasteiger partial charge in [0.1, 0.15) is 11.6 Å². The molecule has 0 fully saturated rings. The first-order valence-electron chi connectivity index (χ1n) is 16.7. The molecule has 0 saturated carbocycles. The summed E-state index contributed by atoms with van der Waals surface area (Å²) < 4.78 is 40.5. The average Bonchev–Trinajstić information content (AvgIpc) is 3.54. The first-order valence-corrected chi connectivity index (χ1v) is 16.7. The number of carbonyl (C=O) groups excluding carboxylic acids is 2. The molecule has 0 spiro atoms. The van der Waals surface area contributed by atoms with Crippen LogP contribution in [-0.2, 0) is 28.6 Å². The fourth-order valence-electron chi connectivity index (χ4n) is 6.62. The molecule has 1 atom stereocenters. The lowest BCUT2D eigenvalue weighted by Crippen LogP contribution is -2.18. The monoisotopic (exact) mass is 636 g/mol. The van der Waals surface area contributed by atoms with Crippen LogP contribution in [0.5, 0.6) is 0 Å². The predicted molar refractivity (Wildman–Crippen MR) is 184 cm³/mol. The Morgan fingerprint density at radius 2 is 1.70 bits per heavy atom. The number of aryl methyl sites for hydroxylation is 1. The van der Waals surface area contributed by atoms with Crippen molar-refractivity contribution >= 4 is 17.1 Å².